The first-order chi connectivity index (χ1) is 14.6. The fourth-order valence-electron chi connectivity index (χ4n) is 3.50. The number of hydrogen-bond acceptors (Lipinski definition) is 6. The Bertz CT molecular complexity index is 1370. The van der Waals surface area contributed by atoms with Crippen molar-refractivity contribution in [3.8, 4) is 28.5 Å². The second-order valence-corrected chi connectivity index (χ2v) is 6.62. The fraction of sp³-hybridized carbons (Fsp3) is 0.150. The van der Waals surface area contributed by atoms with E-state index in [-0.39, 0.29) is 11.6 Å². The zero-order chi connectivity index (χ0) is 20.8. The molecule has 0 fully saturated rings. The van der Waals surface area contributed by atoms with Crippen LogP contribution >= 0.6 is 0 Å². The van der Waals surface area contributed by atoms with Gasteiger partial charge in [-0.25, -0.2) is 18.4 Å². The Morgan fingerprint density at radius 2 is 2.00 bits per heavy atom. The first-order valence-electron chi connectivity index (χ1n) is 9.21. The van der Waals surface area contributed by atoms with Crippen molar-refractivity contribution in [3.63, 3.8) is 0 Å². The Balaban J connectivity index is 1.86. The van der Waals surface area contributed by atoms with Gasteiger partial charge in [-0.1, -0.05) is 0 Å². The highest BCUT2D eigenvalue weighted by atomic mass is 19.1. The van der Waals surface area contributed by atoms with Gasteiger partial charge in [0.05, 0.1) is 28.0 Å². The van der Waals surface area contributed by atoms with E-state index in [1.807, 2.05) is 19.1 Å². The zero-order valence-electron chi connectivity index (χ0n) is 16.0. The molecule has 0 unspecified atom stereocenters. The van der Waals surface area contributed by atoms with E-state index in [1.165, 1.54) is 23.2 Å². The second kappa shape index (κ2) is 6.83. The number of rotatable bonds is 4. The lowest BCUT2D eigenvalue weighted by Gasteiger charge is -2.09. The molecule has 0 amide bonds. The van der Waals surface area contributed by atoms with Crippen LogP contribution in [0.3, 0.4) is 0 Å². The fourth-order valence-corrected chi connectivity index (χ4v) is 3.50. The van der Waals surface area contributed by atoms with Crippen LogP contribution in [-0.4, -0.2) is 34.7 Å². The third kappa shape index (κ3) is 2.76. The highest BCUT2D eigenvalue weighted by Gasteiger charge is 2.22. The average Bonchev–Trinajstić information content (AvgIpc) is 3.48. The molecule has 0 spiro atoms. The summed E-state index contributed by atoms with van der Waals surface area (Å²) < 4.78 is 36.6. The normalized spacial score (nSPS) is 11.5. The van der Waals surface area contributed by atoms with Crippen LogP contribution in [0, 0.1) is 18.6 Å². The molecule has 8 nitrogen and oxygen atoms in total. The van der Waals surface area contributed by atoms with Gasteiger partial charge in [0.15, 0.2) is 11.5 Å². The van der Waals surface area contributed by atoms with E-state index in [0.29, 0.717) is 34.5 Å². The molecule has 10 heteroatoms. The average molecular weight is 407 g/mol. The van der Waals surface area contributed by atoms with Crippen LogP contribution in [0.2, 0.25) is 0 Å². The Morgan fingerprint density at radius 1 is 1.13 bits per heavy atom. The van der Waals surface area contributed by atoms with Crippen LogP contribution < -0.4 is 0 Å². The third-order valence-electron chi connectivity index (χ3n) is 4.82. The maximum atomic E-state index is 14.6. The van der Waals surface area contributed by atoms with Crippen molar-refractivity contribution in [2.45, 2.75) is 20.4 Å². The van der Waals surface area contributed by atoms with Crippen LogP contribution in [0.5, 0.6) is 0 Å². The molecule has 5 rings (SSSR count). The van der Waals surface area contributed by atoms with Crippen LogP contribution in [0.4, 0.5) is 8.78 Å². The summed E-state index contributed by atoms with van der Waals surface area (Å²) in [5.41, 5.74) is 3.02. The van der Waals surface area contributed by atoms with Crippen molar-refractivity contribution in [1.82, 2.24) is 34.7 Å². The Morgan fingerprint density at radius 3 is 2.73 bits per heavy atom. The minimum atomic E-state index is -0.746. The van der Waals surface area contributed by atoms with Gasteiger partial charge in [-0.15, -0.1) is 10.2 Å². The number of fused-ring (bicyclic) bond motifs is 1. The van der Waals surface area contributed by atoms with E-state index >= 15 is 0 Å². The summed E-state index contributed by atoms with van der Waals surface area (Å²) in [6, 6.07) is 6.97. The van der Waals surface area contributed by atoms with E-state index in [0.717, 1.165) is 11.8 Å². The van der Waals surface area contributed by atoms with Gasteiger partial charge in [0.2, 0.25) is 12.3 Å². The lowest BCUT2D eigenvalue weighted by atomic mass is 10.1. The van der Waals surface area contributed by atoms with Crippen LogP contribution in [0.25, 0.3) is 39.6 Å². The standard InChI is InChI=1S/C20H15F2N7O/c1-3-28-17(6-7-24-28)15-9-13(20-26-23-10-30-20)18-11(2)27-29(19(18)25-15)16-5-4-12(21)8-14(16)22/h4-10H,3H2,1-2H3. The molecule has 0 radical (unpaired) electrons. The second-order valence-electron chi connectivity index (χ2n) is 6.62. The topological polar surface area (TPSA) is 87.5 Å². The number of pyridine rings is 1. The highest BCUT2D eigenvalue weighted by molar-refractivity contribution is 5.95. The molecule has 5 aromatic rings. The lowest BCUT2D eigenvalue weighted by Crippen LogP contribution is -2.04. The van der Waals surface area contributed by atoms with Crippen molar-refractivity contribution < 1.29 is 13.2 Å². The van der Waals surface area contributed by atoms with Gasteiger partial charge in [0, 0.05) is 18.8 Å². The molecule has 150 valence electrons. The molecule has 0 aliphatic rings. The van der Waals surface area contributed by atoms with Crippen LogP contribution in [0.15, 0.2) is 47.3 Å². The molecule has 0 atom stereocenters. The first kappa shape index (κ1) is 18.1. The number of halogens is 2. The maximum Gasteiger partial charge on any atom is 0.248 e. The highest BCUT2D eigenvalue weighted by Crippen LogP contribution is 2.34. The van der Waals surface area contributed by atoms with E-state index in [9.17, 15) is 8.78 Å². The molecule has 0 saturated heterocycles. The van der Waals surface area contributed by atoms with Crippen molar-refractivity contribution >= 4 is 11.0 Å². The van der Waals surface area contributed by atoms with Gasteiger partial charge in [-0.05, 0) is 38.1 Å². The summed E-state index contributed by atoms with van der Waals surface area (Å²) in [5.74, 6) is -1.13. The number of aryl methyl sites for hydroxylation is 2. The van der Waals surface area contributed by atoms with Gasteiger partial charge < -0.3 is 4.42 Å². The van der Waals surface area contributed by atoms with Crippen molar-refractivity contribution in [3.05, 3.63) is 60.3 Å². The summed E-state index contributed by atoms with van der Waals surface area (Å²) in [4.78, 5) is 4.75. The molecule has 0 bridgehead atoms. The quantitative estimate of drug-likeness (QED) is 0.448. The molecular formula is C20H15F2N7O. The largest absolute Gasteiger partial charge is 0.423 e. The third-order valence-corrected chi connectivity index (χ3v) is 4.82. The summed E-state index contributed by atoms with van der Waals surface area (Å²) in [7, 11) is 0. The molecule has 0 saturated carbocycles. The Hall–Kier alpha value is -3.95. The summed E-state index contributed by atoms with van der Waals surface area (Å²) in [6.45, 7) is 4.39. The van der Waals surface area contributed by atoms with E-state index in [1.54, 1.807) is 17.8 Å². The Kier molecular flexibility index (Phi) is 4.12. The predicted octanol–water partition coefficient (Wildman–Crippen LogP) is 3.94. The Labute approximate surface area is 168 Å². The van der Waals surface area contributed by atoms with E-state index in [2.05, 4.69) is 20.4 Å². The monoisotopic (exact) mass is 407 g/mol. The number of aromatic nitrogens is 7. The lowest BCUT2D eigenvalue weighted by molar-refractivity contribution is 0.569. The molecule has 0 aliphatic carbocycles. The van der Waals surface area contributed by atoms with Crippen molar-refractivity contribution in [1.29, 1.82) is 0 Å². The predicted molar refractivity (Wildman–Crippen MR) is 104 cm³/mol. The van der Waals surface area contributed by atoms with Crippen molar-refractivity contribution in [2.24, 2.45) is 0 Å². The first-order valence-corrected chi connectivity index (χ1v) is 9.21. The van der Waals surface area contributed by atoms with Gasteiger partial charge in [-0.2, -0.15) is 10.2 Å². The molecular weight excluding hydrogens is 392 g/mol. The van der Waals surface area contributed by atoms with Gasteiger partial charge in [0.25, 0.3) is 0 Å². The minimum absolute atomic E-state index is 0.0830. The molecule has 0 aliphatic heterocycles. The van der Waals surface area contributed by atoms with E-state index < -0.39 is 11.6 Å². The van der Waals surface area contributed by atoms with Crippen LogP contribution in [0.1, 0.15) is 12.6 Å². The molecule has 4 aromatic heterocycles. The van der Waals surface area contributed by atoms with Crippen molar-refractivity contribution in [2.75, 3.05) is 0 Å². The number of nitrogens with zero attached hydrogens (tertiary/aromatic N) is 7. The molecule has 1 aromatic carbocycles. The zero-order valence-corrected chi connectivity index (χ0v) is 16.0. The van der Waals surface area contributed by atoms with Crippen LogP contribution in [-0.2, 0) is 6.54 Å². The smallest absolute Gasteiger partial charge is 0.248 e. The maximum absolute atomic E-state index is 14.6. The molecule has 0 N–H and O–H groups in total. The SMILES string of the molecule is CCn1nccc1-c1cc(-c2nnco2)c2c(C)nn(-c3ccc(F)cc3F)c2n1. The van der Waals surface area contributed by atoms with Gasteiger partial charge >= 0.3 is 0 Å². The number of hydrogen-bond donors (Lipinski definition) is 0. The summed E-state index contributed by atoms with van der Waals surface area (Å²) in [5, 5.41) is 17.2. The van der Waals surface area contributed by atoms with Gasteiger partial charge in [-0.3, -0.25) is 4.68 Å². The molecule has 4 heterocycles. The number of benzene rings is 1. The summed E-state index contributed by atoms with van der Waals surface area (Å²) in [6.07, 6.45) is 2.91. The molecule has 30 heavy (non-hydrogen) atoms. The minimum Gasteiger partial charge on any atom is -0.423 e. The van der Waals surface area contributed by atoms with E-state index in [4.69, 9.17) is 9.40 Å². The summed E-state index contributed by atoms with van der Waals surface area (Å²) >= 11 is 0. The van der Waals surface area contributed by atoms with Gasteiger partial charge in [0.1, 0.15) is 11.5 Å².